The number of hydrogen-bond donors (Lipinski definition) is 1. The van der Waals surface area contributed by atoms with Gasteiger partial charge in [0.2, 0.25) is 0 Å². The van der Waals surface area contributed by atoms with Gasteiger partial charge in [-0.05, 0) is 52.5 Å². The second-order valence-electron chi connectivity index (χ2n) is 5.60. The lowest BCUT2D eigenvalue weighted by Gasteiger charge is -2.36. The molecule has 0 amide bonds. The maximum atomic E-state index is 3.56. The van der Waals surface area contributed by atoms with Crippen LogP contribution in [0.5, 0.6) is 0 Å². The van der Waals surface area contributed by atoms with Gasteiger partial charge in [-0.15, -0.1) is 0 Å². The Balaban J connectivity index is 2.01. The lowest BCUT2D eigenvalue weighted by atomic mass is 10.0. The van der Waals surface area contributed by atoms with Crippen LogP contribution in [0.1, 0.15) is 46.0 Å². The number of piperidine rings is 1. The van der Waals surface area contributed by atoms with Gasteiger partial charge in [0.1, 0.15) is 0 Å². The van der Waals surface area contributed by atoms with Gasteiger partial charge in [-0.25, -0.2) is 0 Å². The third-order valence-corrected chi connectivity index (χ3v) is 4.23. The van der Waals surface area contributed by atoms with Gasteiger partial charge in [0, 0.05) is 19.1 Å². The van der Waals surface area contributed by atoms with Crippen molar-refractivity contribution in [1.82, 2.24) is 15.1 Å². The van der Waals surface area contributed by atoms with Crippen LogP contribution in [-0.4, -0.2) is 62.2 Å². The van der Waals surface area contributed by atoms with E-state index in [0.717, 1.165) is 12.6 Å². The van der Waals surface area contributed by atoms with E-state index in [9.17, 15) is 0 Å². The molecule has 0 aromatic rings. The van der Waals surface area contributed by atoms with Crippen LogP contribution in [0.3, 0.4) is 0 Å². The third-order valence-electron chi connectivity index (χ3n) is 4.23. The van der Waals surface area contributed by atoms with Crippen molar-refractivity contribution < 1.29 is 0 Å². The summed E-state index contributed by atoms with van der Waals surface area (Å²) >= 11 is 0. The van der Waals surface area contributed by atoms with Crippen LogP contribution in [-0.2, 0) is 0 Å². The number of rotatable bonds is 9. The topological polar surface area (TPSA) is 18.5 Å². The number of hydrogen-bond acceptors (Lipinski definition) is 3. The van der Waals surface area contributed by atoms with E-state index in [1.165, 1.54) is 64.8 Å². The van der Waals surface area contributed by atoms with Crippen molar-refractivity contribution in [2.24, 2.45) is 0 Å². The molecule has 1 saturated heterocycles. The van der Waals surface area contributed by atoms with Gasteiger partial charge in [0.05, 0.1) is 0 Å². The monoisotopic (exact) mass is 255 g/mol. The number of nitrogens with one attached hydrogen (secondary N) is 1. The molecule has 3 nitrogen and oxygen atoms in total. The van der Waals surface area contributed by atoms with Crippen LogP contribution in [0.4, 0.5) is 0 Å². The lowest BCUT2D eigenvalue weighted by Crippen LogP contribution is -2.45. The SMILES string of the molecule is CCCCCNCCN(C)C1CCN(CC)CC1. The highest BCUT2D eigenvalue weighted by Gasteiger charge is 2.20. The largest absolute Gasteiger partial charge is 0.315 e. The van der Waals surface area contributed by atoms with E-state index in [1.807, 2.05) is 0 Å². The summed E-state index contributed by atoms with van der Waals surface area (Å²) in [6.45, 7) is 11.9. The van der Waals surface area contributed by atoms with Crippen molar-refractivity contribution >= 4 is 0 Å². The molecule has 0 bridgehead atoms. The highest BCUT2D eigenvalue weighted by molar-refractivity contribution is 4.77. The Morgan fingerprint density at radius 1 is 1.11 bits per heavy atom. The number of unbranched alkanes of at least 4 members (excludes halogenated alkanes) is 2. The molecule has 0 saturated carbocycles. The second kappa shape index (κ2) is 9.76. The van der Waals surface area contributed by atoms with Crippen molar-refractivity contribution in [2.45, 2.75) is 52.0 Å². The lowest BCUT2D eigenvalue weighted by molar-refractivity contribution is 0.132. The molecule has 3 heteroatoms. The summed E-state index contributed by atoms with van der Waals surface area (Å²) in [5.74, 6) is 0. The predicted molar refractivity (Wildman–Crippen MR) is 80.2 cm³/mol. The first kappa shape index (κ1) is 15.9. The molecule has 0 aromatic heterocycles. The summed E-state index contributed by atoms with van der Waals surface area (Å²) in [4.78, 5) is 5.12. The predicted octanol–water partition coefficient (Wildman–Crippen LogP) is 2.18. The molecule has 1 heterocycles. The summed E-state index contributed by atoms with van der Waals surface area (Å²) < 4.78 is 0. The molecular weight excluding hydrogens is 222 g/mol. The maximum Gasteiger partial charge on any atom is 0.0117 e. The van der Waals surface area contributed by atoms with E-state index in [2.05, 4.69) is 36.0 Å². The average molecular weight is 255 g/mol. The summed E-state index contributed by atoms with van der Waals surface area (Å²) in [6.07, 6.45) is 6.70. The molecule has 1 aliphatic rings. The molecule has 1 aliphatic heterocycles. The van der Waals surface area contributed by atoms with Crippen molar-refractivity contribution in [3.8, 4) is 0 Å². The standard InChI is InChI=1S/C15H33N3/c1-4-6-7-10-16-11-14-17(3)15-8-12-18(5-2)13-9-15/h15-16H,4-14H2,1-3H3. The maximum absolute atomic E-state index is 3.56. The van der Waals surface area contributed by atoms with Crippen LogP contribution >= 0.6 is 0 Å². The molecule has 1 N–H and O–H groups in total. The zero-order valence-electron chi connectivity index (χ0n) is 12.7. The van der Waals surface area contributed by atoms with Gasteiger partial charge >= 0.3 is 0 Å². The van der Waals surface area contributed by atoms with E-state index >= 15 is 0 Å². The Bertz CT molecular complexity index is 188. The van der Waals surface area contributed by atoms with E-state index in [0.29, 0.717) is 0 Å². The van der Waals surface area contributed by atoms with E-state index in [1.54, 1.807) is 0 Å². The molecular formula is C15H33N3. The molecule has 18 heavy (non-hydrogen) atoms. The van der Waals surface area contributed by atoms with Gasteiger partial charge in [0.15, 0.2) is 0 Å². The molecule has 108 valence electrons. The Morgan fingerprint density at radius 3 is 2.44 bits per heavy atom. The highest BCUT2D eigenvalue weighted by atomic mass is 15.2. The van der Waals surface area contributed by atoms with Gasteiger partial charge in [-0.3, -0.25) is 0 Å². The van der Waals surface area contributed by atoms with Gasteiger partial charge in [-0.2, -0.15) is 0 Å². The first-order valence-electron chi connectivity index (χ1n) is 7.91. The summed E-state index contributed by atoms with van der Waals surface area (Å²) in [6, 6.07) is 0.810. The Hall–Kier alpha value is -0.120. The van der Waals surface area contributed by atoms with Crippen LogP contribution in [0.15, 0.2) is 0 Å². The van der Waals surface area contributed by atoms with E-state index < -0.39 is 0 Å². The minimum atomic E-state index is 0.810. The quantitative estimate of drug-likeness (QED) is 0.637. The average Bonchev–Trinajstić information content (AvgIpc) is 2.42. The van der Waals surface area contributed by atoms with Crippen molar-refractivity contribution in [1.29, 1.82) is 0 Å². The van der Waals surface area contributed by atoms with Crippen LogP contribution in [0.2, 0.25) is 0 Å². The minimum Gasteiger partial charge on any atom is -0.315 e. The molecule has 0 aromatic carbocycles. The number of likely N-dealkylation sites (N-methyl/N-ethyl adjacent to an activating group) is 1. The molecule has 0 unspecified atom stereocenters. The van der Waals surface area contributed by atoms with Crippen molar-refractivity contribution in [3.05, 3.63) is 0 Å². The fourth-order valence-electron chi connectivity index (χ4n) is 2.74. The Labute approximate surface area is 114 Å². The summed E-state index contributed by atoms with van der Waals surface area (Å²) in [5.41, 5.74) is 0. The normalized spacial score (nSPS) is 18.7. The van der Waals surface area contributed by atoms with Gasteiger partial charge < -0.3 is 15.1 Å². The van der Waals surface area contributed by atoms with Gasteiger partial charge in [0.25, 0.3) is 0 Å². The van der Waals surface area contributed by atoms with E-state index in [-0.39, 0.29) is 0 Å². The van der Waals surface area contributed by atoms with Crippen LogP contribution < -0.4 is 5.32 Å². The van der Waals surface area contributed by atoms with Crippen molar-refractivity contribution in [2.75, 3.05) is 46.3 Å². The van der Waals surface area contributed by atoms with E-state index in [4.69, 9.17) is 0 Å². The van der Waals surface area contributed by atoms with Crippen LogP contribution in [0.25, 0.3) is 0 Å². The first-order chi connectivity index (χ1) is 8.77. The first-order valence-corrected chi connectivity index (χ1v) is 7.91. The molecule has 0 spiro atoms. The Morgan fingerprint density at radius 2 is 1.83 bits per heavy atom. The fraction of sp³-hybridized carbons (Fsp3) is 1.00. The summed E-state index contributed by atoms with van der Waals surface area (Å²) in [7, 11) is 2.29. The zero-order chi connectivity index (χ0) is 13.2. The smallest absolute Gasteiger partial charge is 0.0117 e. The van der Waals surface area contributed by atoms with Gasteiger partial charge in [-0.1, -0.05) is 26.7 Å². The molecule has 1 fully saturated rings. The van der Waals surface area contributed by atoms with Crippen molar-refractivity contribution in [3.63, 3.8) is 0 Å². The number of likely N-dealkylation sites (tertiary alicyclic amines) is 1. The highest BCUT2D eigenvalue weighted by Crippen LogP contribution is 2.14. The second-order valence-corrected chi connectivity index (χ2v) is 5.60. The third kappa shape index (κ3) is 6.17. The minimum absolute atomic E-state index is 0.810. The Kier molecular flexibility index (Phi) is 8.64. The van der Waals surface area contributed by atoms with Crippen LogP contribution in [0, 0.1) is 0 Å². The molecule has 0 atom stereocenters. The molecule has 1 rings (SSSR count). The number of nitrogens with zero attached hydrogens (tertiary/aromatic N) is 2. The molecule has 0 radical (unpaired) electrons. The fourth-order valence-corrected chi connectivity index (χ4v) is 2.74. The molecule has 0 aliphatic carbocycles. The summed E-state index contributed by atoms with van der Waals surface area (Å²) in [5, 5.41) is 3.56. The zero-order valence-corrected chi connectivity index (χ0v) is 12.7.